The first-order chi connectivity index (χ1) is 8.41. The van der Waals surface area contributed by atoms with Crippen molar-refractivity contribution in [1.82, 2.24) is 15.3 Å². The van der Waals surface area contributed by atoms with Gasteiger partial charge >= 0.3 is 0 Å². The number of nitrogens with zero attached hydrogens (tertiary/aromatic N) is 2. The van der Waals surface area contributed by atoms with Crippen LogP contribution in [0.15, 0.2) is 0 Å². The number of carbonyl (C=O) groups excluding carboxylic acids is 1. The summed E-state index contributed by atoms with van der Waals surface area (Å²) in [6.07, 6.45) is 0. The second kappa shape index (κ2) is 6.54. The van der Waals surface area contributed by atoms with Gasteiger partial charge in [-0.3, -0.25) is 4.79 Å². The van der Waals surface area contributed by atoms with Gasteiger partial charge in [-0.25, -0.2) is 9.97 Å². The smallest absolute Gasteiger partial charge is 0.216 e. The molecule has 0 aliphatic heterocycles. The van der Waals surface area contributed by atoms with E-state index in [0.717, 1.165) is 11.4 Å². The minimum absolute atomic E-state index is 0.0443. The first-order valence-corrected chi connectivity index (χ1v) is 6.32. The van der Waals surface area contributed by atoms with E-state index in [9.17, 15) is 4.79 Å². The summed E-state index contributed by atoms with van der Waals surface area (Å²) in [5.74, 6) is 1.62. The highest BCUT2D eigenvalue weighted by Gasteiger charge is 2.11. The van der Waals surface area contributed by atoms with Crippen molar-refractivity contribution in [2.75, 3.05) is 18.4 Å². The Morgan fingerprint density at radius 1 is 1.33 bits per heavy atom. The molecule has 1 amide bonds. The maximum absolute atomic E-state index is 10.7. The fourth-order valence-corrected chi connectivity index (χ4v) is 1.53. The zero-order valence-electron chi connectivity index (χ0n) is 11.2. The summed E-state index contributed by atoms with van der Waals surface area (Å²) in [6.45, 7) is 8.54. The zero-order chi connectivity index (χ0) is 13.7. The van der Waals surface area contributed by atoms with Crippen molar-refractivity contribution in [2.45, 2.75) is 33.6 Å². The summed E-state index contributed by atoms with van der Waals surface area (Å²) in [6, 6.07) is 0. The molecule has 6 heteroatoms. The predicted molar refractivity (Wildman–Crippen MR) is 73.0 cm³/mol. The third-order valence-corrected chi connectivity index (χ3v) is 2.78. The van der Waals surface area contributed by atoms with Crippen molar-refractivity contribution >= 4 is 23.3 Å². The number of aromatic nitrogens is 2. The molecular weight excluding hydrogens is 252 g/mol. The molecule has 0 aromatic carbocycles. The van der Waals surface area contributed by atoms with Gasteiger partial charge in [-0.1, -0.05) is 25.4 Å². The largest absolute Gasteiger partial charge is 0.368 e. The number of hydrogen-bond donors (Lipinski definition) is 2. The summed E-state index contributed by atoms with van der Waals surface area (Å²) in [7, 11) is 0. The quantitative estimate of drug-likeness (QED) is 0.635. The molecule has 0 spiro atoms. The van der Waals surface area contributed by atoms with Gasteiger partial charge in [0.05, 0.1) is 0 Å². The molecule has 18 heavy (non-hydrogen) atoms. The number of hydrogen-bond acceptors (Lipinski definition) is 4. The summed E-state index contributed by atoms with van der Waals surface area (Å²) < 4.78 is 0. The number of anilines is 1. The zero-order valence-corrected chi connectivity index (χ0v) is 11.9. The fraction of sp³-hybridized carbons (Fsp3) is 0.583. The van der Waals surface area contributed by atoms with Crippen LogP contribution in [0, 0.1) is 6.92 Å². The highest BCUT2D eigenvalue weighted by Crippen LogP contribution is 2.22. The van der Waals surface area contributed by atoms with Crippen LogP contribution in [0.1, 0.15) is 38.1 Å². The van der Waals surface area contributed by atoms with Gasteiger partial charge in [0.2, 0.25) is 5.91 Å². The van der Waals surface area contributed by atoms with Crippen LogP contribution in [0.2, 0.25) is 5.15 Å². The predicted octanol–water partition coefficient (Wildman–Crippen LogP) is 2.11. The topological polar surface area (TPSA) is 66.9 Å². The van der Waals surface area contributed by atoms with Crippen LogP contribution in [0.4, 0.5) is 5.82 Å². The lowest BCUT2D eigenvalue weighted by atomic mass is 10.2. The van der Waals surface area contributed by atoms with Crippen molar-refractivity contribution in [2.24, 2.45) is 0 Å². The van der Waals surface area contributed by atoms with Crippen molar-refractivity contribution in [3.63, 3.8) is 0 Å². The monoisotopic (exact) mass is 270 g/mol. The molecule has 0 saturated heterocycles. The molecule has 0 saturated carbocycles. The lowest BCUT2D eigenvalue weighted by Gasteiger charge is -2.12. The van der Waals surface area contributed by atoms with E-state index in [1.807, 2.05) is 20.8 Å². The molecule has 1 heterocycles. The van der Waals surface area contributed by atoms with Crippen LogP contribution in [0.5, 0.6) is 0 Å². The maximum Gasteiger partial charge on any atom is 0.216 e. The lowest BCUT2D eigenvalue weighted by molar-refractivity contribution is -0.118. The van der Waals surface area contributed by atoms with Crippen molar-refractivity contribution in [3.8, 4) is 0 Å². The number of nitrogens with one attached hydrogen (secondary N) is 2. The van der Waals surface area contributed by atoms with Gasteiger partial charge in [-0.15, -0.1) is 0 Å². The molecule has 0 bridgehead atoms. The average Bonchev–Trinajstić information content (AvgIpc) is 2.28. The van der Waals surface area contributed by atoms with E-state index in [2.05, 4.69) is 20.6 Å². The lowest BCUT2D eigenvalue weighted by Crippen LogP contribution is -2.26. The van der Waals surface area contributed by atoms with Gasteiger partial charge in [0.1, 0.15) is 16.8 Å². The Bertz CT molecular complexity index is 434. The SMILES string of the molecule is CC(=O)NCCNc1nc(C(C)C)nc(Cl)c1C. The number of rotatable bonds is 5. The molecule has 0 aliphatic rings. The normalized spacial score (nSPS) is 10.6. The third-order valence-electron chi connectivity index (χ3n) is 2.41. The number of carbonyl (C=O) groups is 1. The molecule has 1 rings (SSSR count). The van der Waals surface area contributed by atoms with Gasteiger partial charge in [-0.05, 0) is 6.92 Å². The standard InChI is InChI=1S/C12H19ClN4O/c1-7(2)11-16-10(13)8(3)12(17-11)15-6-5-14-9(4)18/h7H,5-6H2,1-4H3,(H,14,18)(H,15,16,17). The Balaban J connectivity index is 2.72. The third kappa shape index (κ3) is 4.14. The minimum atomic E-state index is -0.0443. The molecule has 5 nitrogen and oxygen atoms in total. The Morgan fingerprint density at radius 3 is 2.56 bits per heavy atom. The van der Waals surface area contributed by atoms with E-state index < -0.39 is 0 Å². The molecule has 1 aromatic heterocycles. The number of halogens is 1. The highest BCUT2D eigenvalue weighted by atomic mass is 35.5. The molecule has 2 N–H and O–H groups in total. The van der Waals surface area contributed by atoms with E-state index in [1.165, 1.54) is 6.92 Å². The minimum Gasteiger partial charge on any atom is -0.368 e. The average molecular weight is 271 g/mol. The van der Waals surface area contributed by atoms with Crippen LogP contribution in [0.3, 0.4) is 0 Å². The second-order valence-corrected chi connectivity index (χ2v) is 4.77. The molecule has 0 aliphatic carbocycles. The first-order valence-electron chi connectivity index (χ1n) is 5.94. The fourth-order valence-electron chi connectivity index (χ4n) is 1.36. The van der Waals surface area contributed by atoms with Gasteiger partial charge in [-0.2, -0.15) is 0 Å². The Hall–Kier alpha value is -1.36. The van der Waals surface area contributed by atoms with Crippen molar-refractivity contribution in [3.05, 3.63) is 16.5 Å². The Morgan fingerprint density at radius 2 is 2.00 bits per heavy atom. The Kier molecular flexibility index (Phi) is 5.34. The van der Waals surface area contributed by atoms with E-state index in [0.29, 0.717) is 24.1 Å². The van der Waals surface area contributed by atoms with Gasteiger partial charge in [0, 0.05) is 31.5 Å². The van der Waals surface area contributed by atoms with Gasteiger partial charge in [0.15, 0.2) is 0 Å². The first kappa shape index (κ1) is 14.7. The van der Waals surface area contributed by atoms with E-state index >= 15 is 0 Å². The summed E-state index contributed by atoms with van der Waals surface area (Å²) in [4.78, 5) is 19.4. The molecular formula is C12H19ClN4O. The molecule has 0 unspecified atom stereocenters. The van der Waals surface area contributed by atoms with Gasteiger partial charge in [0.25, 0.3) is 0 Å². The Labute approximate surface area is 112 Å². The molecule has 0 fully saturated rings. The van der Waals surface area contributed by atoms with Gasteiger partial charge < -0.3 is 10.6 Å². The van der Waals surface area contributed by atoms with E-state index in [-0.39, 0.29) is 11.8 Å². The van der Waals surface area contributed by atoms with Crippen LogP contribution >= 0.6 is 11.6 Å². The number of amides is 1. The molecule has 0 atom stereocenters. The van der Waals surface area contributed by atoms with E-state index in [1.54, 1.807) is 0 Å². The van der Waals surface area contributed by atoms with Crippen molar-refractivity contribution in [1.29, 1.82) is 0 Å². The molecule has 0 radical (unpaired) electrons. The summed E-state index contributed by atoms with van der Waals surface area (Å²) in [5.41, 5.74) is 0.823. The van der Waals surface area contributed by atoms with Crippen LogP contribution < -0.4 is 10.6 Å². The summed E-state index contributed by atoms with van der Waals surface area (Å²) in [5, 5.41) is 6.33. The van der Waals surface area contributed by atoms with Crippen LogP contribution in [0.25, 0.3) is 0 Å². The van der Waals surface area contributed by atoms with Crippen LogP contribution in [-0.2, 0) is 4.79 Å². The molecule has 1 aromatic rings. The maximum atomic E-state index is 10.7. The highest BCUT2D eigenvalue weighted by molar-refractivity contribution is 6.30. The molecule has 100 valence electrons. The van der Waals surface area contributed by atoms with Crippen LogP contribution in [-0.4, -0.2) is 29.0 Å². The van der Waals surface area contributed by atoms with E-state index in [4.69, 9.17) is 11.6 Å². The second-order valence-electron chi connectivity index (χ2n) is 4.41. The van der Waals surface area contributed by atoms with Crippen molar-refractivity contribution < 1.29 is 4.79 Å². The summed E-state index contributed by atoms with van der Waals surface area (Å²) >= 11 is 6.07.